The van der Waals surface area contributed by atoms with Crippen LogP contribution < -0.4 is 5.32 Å². The van der Waals surface area contributed by atoms with Crippen molar-refractivity contribution >= 4 is 5.91 Å². The van der Waals surface area contributed by atoms with E-state index in [1.54, 1.807) is 0 Å². The van der Waals surface area contributed by atoms with Crippen molar-refractivity contribution in [3.8, 4) is 0 Å². The second-order valence-corrected chi connectivity index (χ2v) is 4.56. The minimum Gasteiger partial charge on any atom is -0.344 e. The summed E-state index contributed by atoms with van der Waals surface area (Å²) in [4.78, 5) is 14.3. The average molecular weight is 235 g/mol. The van der Waals surface area contributed by atoms with E-state index in [4.69, 9.17) is 0 Å². The van der Waals surface area contributed by atoms with Gasteiger partial charge in [0.05, 0.1) is 0 Å². The largest absolute Gasteiger partial charge is 0.344 e. The topological polar surface area (TPSA) is 37.3 Å². The highest BCUT2D eigenvalue weighted by atomic mass is 16.2. The Hall–Kier alpha value is -1.29. The first-order valence-electron chi connectivity index (χ1n) is 6.38. The molecule has 0 aromatic carbocycles. The van der Waals surface area contributed by atoms with Gasteiger partial charge in [0.1, 0.15) is 5.69 Å². The van der Waals surface area contributed by atoms with E-state index in [-0.39, 0.29) is 5.91 Å². The number of nitrogens with zero attached hydrogens (tertiary/aromatic N) is 2. The molecule has 1 amide bonds. The zero-order chi connectivity index (χ0) is 12.3. The van der Waals surface area contributed by atoms with Crippen molar-refractivity contribution in [2.75, 3.05) is 20.1 Å². The van der Waals surface area contributed by atoms with E-state index in [0.29, 0.717) is 6.04 Å². The molecule has 0 saturated carbocycles. The van der Waals surface area contributed by atoms with Gasteiger partial charge in [-0.15, -0.1) is 0 Å². The third kappa shape index (κ3) is 2.52. The minimum atomic E-state index is 0.164. The molecule has 1 aliphatic rings. The summed E-state index contributed by atoms with van der Waals surface area (Å²) in [5, 5.41) is 3.26. The highest BCUT2D eigenvalue weighted by Gasteiger charge is 2.24. The van der Waals surface area contributed by atoms with Gasteiger partial charge < -0.3 is 14.8 Å². The molecule has 0 aliphatic carbocycles. The van der Waals surface area contributed by atoms with Crippen molar-refractivity contribution in [3.63, 3.8) is 0 Å². The standard InChI is InChI=1S/C13H21N3O/c1-3-15-8-5-7-12(15)13(17)16-9-4-6-11(10-16)14-2/h5,7-8,11,14H,3-4,6,9-10H2,1-2H3. The second-order valence-electron chi connectivity index (χ2n) is 4.56. The van der Waals surface area contributed by atoms with Crippen molar-refractivity contribution in [2.24, 2.45) is 0 Å². The lowest BCUT2D eigenvalue weighted by Gasteiger charge is -2.32. The summed E-state index contributed by atoms with van der Waals surface area (Å²) in [5.74, 6) is 0.164. The maximum absolute atomic E-state index is 12.4. The fourth-order valence-electron chi connectivity index (χ4n) is 2.44. The van der Waals surface area contributed by atoms with E-state index in [2.05, 4.69) is 12.2 Å². The summed E-state index contributed by atoms with van der Waals surface area (Å²) < 4.78 is 2.01. The molecule has 17 heavy (non-hydrogen) atoms. The Kier molecular flexibility index (Phi) is 3.84. The summed E-state index contributed by atoms with van der Waals surface area (Å²) in [6, 6.07) is 4.29. The number of nitrogens with one attached hydrogen (secondary N) is 1. The molecule has 1 aliphatic heterocycles. The Bertz CT molecular complexity index is 386. The number of amides is 1. The molecule has 2 rings (SSSR count). The highest BCUT2D eigenvalue weighted by molar-refractivity contribution is 5.92. The monoisotopic (exact) mass is 235 g/mol. The molecular weight excluding hydrogens is 214 g/mol. The minimum absolute atomic E-state index is 0.164. The Labute approximate surface area is 103 Å². The van der Waals surface area contributed by atoms with E-state index in [1.807, 2.05) is 34.8 Å². The SMILES string of the molecule is CCn1cccc1C(=O)N1CCCC(NC)C1. The molecule has 4 nitrogen and oxygen atoms in total. The molecule has 1 aromatic rings. The lowest BCUT2D eigenvalue weighted by atomic mass is 10.1. The highest BCUT2D eigenvalue weighted by Crippen LogP contribution is 2.14. The van der Waals surface area contributed by atoms with Gasteiger partial charge in [0, 0.05) is 31.9 Å². The fourth-order valence-corrected chi connectivity index (χ4v) is 2.44. The molecule has 1 unspecified atom stereocenters. The number of hydrogen-bond acceptors (Lipinski definition) is 2. The molecule has 4 heteroatoms. The van der Waals surface area contributed by atoms with Crippen LogP contribution in [0.15, 0.2) is 18.3 Å². The third-order valence-corrected chi connectivity index (χ3v) is 3.51. The molecule has 94 valence electrons. The lowest BCUT2D eigenvalue weighted by Crippen LogP contribution is -2.47. The predicted molar refractivity (Wildman–Crippen MR) is 68.1 cm³/mol. The van der Waals surface area contributed by atoms with E-state index >= 15 is 0 Å². The van der Waals surface area contributed by atoms with Crippen molar-refractivity contribution < 1.29 is 4.79 Å². The predicted octanol–water partition coefficient (Wildman–Crippen LogP) is 1.33. The van der Waals surface area contributed by atoms with Crippen LogP contribution in [0.4, 0.5) is 0 Å². The van der Waals surface area contributed by atoms with Gasteiger partial charge in [-0.3, -0.25) is 4.79 Å². The summed E-state index contributed by atoms with van der Waals surface area (Å²) in [7, 11) is 1.97. The van der Waals surface area contributed by atoms with Crippen molar-refractivity contribution in [2.45, 2.75) is 32.4 Å². The second kappa shape index (κ2) is 5.36. The molecule has 1 saturated heterocycles. The summed E-state index contributed by atoms with van der Waals surface area (Å²) >= 11 is 0. The molecule has 0 spiro atoms. The van der Waals surface area contributed by atoms with Gasteiger partial charge >= 0.3 is 0 Å². The average Bonchev–Trinajstić information content (AvgIpc) is 2.86. The van der Waals surface area contributed by atoms with Crippen molar-refractivity contribution in [1.82, 2.24) is 14.8 Å². The van der Waals surface area contributed by atoms with E-state index < -0.39 is 0 Å². The maximum atomic E-state index is 12.4. The summed E-state index contributed by atoms with van der Waals surface area (Å²) in [6.45, 7) is 4.61. The zero-order valence-corrected chi connectivity index (χ0v) is 10.6. The van der Waals surface area contributed by atoms with Gasteiger partial charge in [-0.05, 0) is 38.9 Å². The molecule has 1 atom stereocenters. The van der Waals surface area contributed by atoms with E-state index in [0.717, 1.165) is 38.2 Å². The van der Waals surface area contributed by atoms with Crippen LogP contribution in [0.3, 0.4) is 0 Å². The van der Waals surface area contributed by atoms with Gasteiger partial charge in [0.2, 0.25) is 0 Å². The molecule has 1 fully saturated rings. The maximum Gasteiger partial charge on any atom is 0.270 e. The normalized spacial score (nSPS) is 20.6. The number of carbonyl (C=O) groups is 1. The first kappa shape index (κ1) is 12.2. The number of aryl methyl sites for hydroxylation is 1. The van der Waals surface area contributed by atoms with Crippen LogP contribution in [0.5, 0.6) is 0 Å². The fraction of sp³-hybridized carbons (Fsp3) is 0.615. The van der Waals surface area contributed by atoms with Crippen molar-refractivity contribution in [1.29, 1.82) is 0 Å². The number of piperidine rings is 1. The van der Waals surface area contributed by atoms with Crippen LogP contribution in [0.2, 0.25) is 0 Å². The van der Waals surface area contributed by atoms with Gasteiger partial charge in [0.25, 0.3) is 5.91 Å². The van der Waals surface area contributed by atoms with Gasteiger partial charge in [-0.2, -0.15) is 0 Å². The van der Waals surface area contributed by atoms with Crippen LogP contribution in [0, 0.1) is 0 Å². The Morgan fingerprint density at radius 2 is 2.41 bits per heavy atom. The first-order valence-corrected chi connectivity index (χ1v) is 6.38. The quantitative estimate of drug-likeness (QED) is 0.858. The molecular formula is C13H21N3O. The number of aromatic nitrogens is 1. The van der Waals surface area contributed by atoms with E-state index in [9.17, 15) is 4.79 Å². The number of hydrogen-bond donors (Lipinski definition) is 1. The number of carbonyl (C=O) groups excluding carboxylic acids is 1. The molecule has 0 radical (unpaired) electrons. The number of likely N-dealkylation sites (N-methyl/N-ethyl adjacent to an activating group) is 1. The van der Waals surface area contributed by atoms with Gasteiger partial charge in [-0.1, -0.05) is 0 Å². The van der Waals surface area contributed by atoms with Crippen LogP contribution >= 0.6 is 0 Å². The van der Waals surface area contributed by atoms with Gasteiger partial charge in [0.15, 0.2) is 0 Å². The van der Waals surface area contributed by atoms with Crippen LogP contribution in [-0.4, -0.2) is 41.6 Å². The van der Waals surface area contributed by atoms with Crippen LogP contribution in [0.25, 0.3) is 0 Å². The molecule has 2 heterocycles. The zero-order valence-electron chi connectivity index (χ0n) is 10.6. The van der Waals surface area contributed by atoms with E-state index in [1.165, 1.54) is 0 Å². The summed E-state index contributed by atoms with van der Waals surface area (Å²) in [5.41, 5.74) is 0.809. The molecule has 1 N–H and O–H groups in total. The van der Waals surface area contributed by atoms with Crippen molar-refractivity contribution in [3.05, 3.63) is 24.0 Å². The Balaban J connectivity index is 2.09. The summed E-state index contributed by atoms with van der Waals surface area (Å²) in [6.07, 6.45) is 4.21. The van der Waals surface area contributed by atoms with Gasteiger partial charge in [-0.25, -0.2) is 0 Å². The van der Waals surface area contributed by atoms with Crippen LogP contribution in [0.1, 0.15) is 30.3 Å². The Morgan fingerprint density at radius 1 is 1.59 bits per heavy atom. The molecule has 0 bridgehead atoms. The first-order chi connectivity index (χ1) is 8.26. The lowest BCUT2D eigenvalue weighted by molar-refractivity contribution is 0.0687. The number of likely N-dealkylation sites (tertiary alicyclic amines) is 1. The molecule has 1 aromatic heterocycles. The van der Waals surface area contributed by atoms with Crippen LogP contribution in [-0.2, 0) is 6.54 Å². The smallest absolute Gasteiger partial charge is 0.270 e. The number of rotatable bonds is 3. The Morgan fingerprint density at radius 3 is 3.12 bits per heavy atom. The third-order valence-electron chi connectivity index (χ3n) is 3.51.